The third-order valence-corrected chi connectivity index (χ3v) is 14.3. The van der Waals surface area contributed by atoms with Crippen LogP contribution in [0.2, 0.25) is 0 Å². The molecule has 0 aliphatic carbocycles. The molecule has 1 amide bonds. The van der Waals surface area contributed by atoms with Gasteiger partial charge in [-0.2, -0.15) is 0 Å². The van der Waals surface area contributed by atoms with E-state index in [0.717, 1.165) is 103 Å². The number of carbonyl (C=O) groups is 2. The lowest BCUT2D eigenvalue weighted by Crippen LogP contribution is -2.47. The Bertz CT molecular complexity index is 1560. The summed E-state index contributed by atoms with van der Waals surface area (Å²) < 4.78 is 30.3. The van der Waals surface area contributed by atoms with Gasteiger partial charge in [0.15, 0.2) is 0 Å². The Hall–Kier alpha value is -2.81. The van der Waals surface area contributed by atoms with Gasteiger partial charge in [-0.25, -0.2) is 0 Å². The molecule has 0 bridgehead atoms. The Morgan fingerprint density at radius 3 is 1.28 bits per heavy atom. The number of nitrogens with one attached hydrogen (secondary N) is 1. The maximum Gasteiger partial charge on any atom is 0.306 e. The third-order valence-electron chi connectivity index (χ3n) is 13.3. The predicted octanol–water partition coefficient (Wildman–Crippen LogP) is 18.4. The van der Waals surface area contributed by atoms with Gasteiger partial charge in [0.2, 0.25) is 5.91 Å². The van der Waals surface area contributed by atoms with Crippen molar-refractivity contribution in [2.75, 3.05) is 40.9 Å². The summed E-state index contributed by atoms with van der Waals surface area (Å²) in [4.78, 5) is 39.9. The van der Waals surface area contributed by atoms with E-state index in [1.807, 2.05) is 33.3 Å². The number of nitrogens with zero attached hydrogens (tertiary/aromatic N) is 1. The molecule has 1 N–H and O–H groups in total. The number of phosphoric ester groups is 1. The van der Waals surface area contributed by atoms with Gasteiger partial charge in [-0.15, -0.1) is 0 Å². The number of allylic oxidation sites excluding steroid dienone is 13. The molecular weight excluding hydrogens is 952 g/mol. The minimum Gasteiger partial charge on any atom is -0.756 e. The molecule has 3 atom stereocenters. The van der Waals surface area contributed by atoms with Crippen LogP contribution < -0.4 is 10.2 Å². The number of amides is 1. The van der Waals surface area contributed by atoms with Crippen molar-refractivity contribution in [3.63, 3.8) is 0 Å². The summed E-state index contributed by atoms with van der Waals surface area (Å²) in [6.07, 6.45) is 71.2. The minimum atomic E-state index is -4.70. The molecule has 0 heterocycles. The largest absolute Gasteiger partial charge is 0.756 e. The van der Waals surface area contributed by atoms with Crippen LogP contribution in [0.15, 0.2) is 85.1 Å². The maximum absolute atomic E-state index is 13.5. The molecule has 0 aromatic rings. The SMILES string of the molecule is CC/C=C\C/C=C\C/C=C\C/C=C\C/C=C\C/C=C\CCCCCCC(=O)OC(/C=C/CCCCCCCCCCCC)C(COP(=O)([O-])OCC[N+](C)(C)C)NC(=O)CCCCCCCCCCCCCCCC. The van der Waals surface area contributed by atoms with Crippen molar-refractivity contribution in [3.8, 4) is 0 Å². The first-order valence-corrected chi connectivity index (χ1v) is 32.4. The number of quaternary nitrogens is 1. The van der Waals surface area contributed by atoms with Crippen LogP contribution in [0.5, 0.6) is 0 Å². The van der Waals surface area contributed by atoms with Crippen molar-refractivity contribution < 1.29 is 37.3 Å². The van der Waals surface area contributed by atoms with Gasteiger partial charge in [-0.05, 0) is 83.1 Å². The summed E-state index contributed by atoms with van der Waals surface area (Å²) >= 11 is 0. The molecule has 0 saturated carbocycles. The molecule has 9 nitrogen and oxygen atoms in total. The first-order chi connectivity index (χ1) is 36.4. The average Bonchev–Trinajstić information content (AvgIpc) is 3.37. The van der Waals surface area contributed by atoms with Crippen LogP contribution in [-0.4, -0.2) is 69.4 Å². The highest BCUT2D eigenvalue weighted by Gasteiger charge is 2.27. The summed E-state index contributed by atoms with van der Waals surface area (Å²) in [5.74, 6) is -0.568. The molecule has 0 rings (SSSR count). The number of likely N-dealkylation sites (N-methyl/N-ethyl adjacent to an activating group) is 1. The Morgan fingerprint density at radius 1 is 0.480 bits per heavy atom. The van der Waals surface area contributed by atoms with Crippen molar-refractivity contribution in [2.24, 2.45) is 0 Å². The molecule has 10 heteroatoms. The zero-order valence-electron chi connectivity index (χ0n) is 49.5. The second-order valence-electron chi connectivity index (χ2n) is 21.8. The molecule has 0 fully saturated rings. The summed E-state index contributed by atoms with van der Waals surface area (Å²) in [6, 6.07) is -0.900. The first kappa shape index (κ1) is 72.2. The van der Waals surface area contributed by atoms with Crippen molar-refractivity contribution >= 4 is 19.7 Å². The van der Waals surface area contributed by atoms with Gasteiger partial charge in [-0.1, -0.05) is 254 Å². The van der Waals surface area contributed by atoms with Gasteiger partial charge in [0.1, 0.15) is 19.3 Å². The smallest absolute Gasteiger partial charge is 0.306 e. The molecule has 0 spiro atoms. The average molecular weight is 1070 g/mol. The fraction of sp³-hybridized carbons (Fsp3) is 0.754. The molecule has 0 aromatic heterocycles. The van der Waals surface area contributed by atoms with Crippen molar-refractivity contribution in [1.82, 2.24) is 5.32 Å². The molecule has 0 saturated heterocycles. The van der Waals surface area contributed by atoms with Crippen LogP contribution in [-0.2, 0) is 27.9 Å². The van der Waals surface area contributed by atoms with E-state index in [1.54, 1.807) is 0 Å². The van der Waals surface area contributed by atoms with Crippen LogP contribution >= 0.6 is 7.82 Å². The van der Waals surface area contributed by atoms with E-state index in [1.165, 1.54) is 122 Å². The molecule has 0 aromatic carbocycles. The Labute approximate surface area is 463 Å². The lowest BCUT2D eigenvalue weighted by atomic mass is 10.0. The number of hydrogen-bond acceptors (Lipinski definition) is 7. The number of esters is 1. The predicted molar refractivity (Wildman–Crippen MR) is 321 cm³/mol. The van der Waals surface area contributed by atoms with Gasteiger partial charge < -0.3 is 28.5 Å². The number of hydrogen-bond donors (Lipinski definition) is 1. The van der Waals surface area contributed by atoms with Crippen molar-refractivity contribution in [1.29, 1.82) is 0 Å². The zero-order chi connectivity index (χ0) is 55.0. The standard InChI is InChI=1S/C65H117N2O7P/c1-7-10-13-16-19-22-25-28-30-31-32-33-34-35-36-37-38-40-43-46-49-52-55-58-65(69)74-63(56-53-50-47-44-41-27-24-21-18-15-12-9-3)62(61-73-75(70,71)72-60-59-67(4,5)6)66-64(68)57-54-51-48-45-42-39-29-26-23-20-17-14-11-8-2/h10,13,19,22,28,30,32-33,35-36,38,40,53,56,62-63H,7-9,11-12,14-18,20-21,23-27,29,31,34,37,39,41-52,54-55,57-61H2,1-6H3,(H-,66,68,70,71)/b13-10-,22-19-,30-28-,33-32-,36-35-,40-38-,56-53+. The van der Waals surface area contributed by atoms with E-state index < -0.39 is 26.6 Å². The highest BCUT2D eigenvalue weighted by molar-refractivity contribution is 7.45. The van der Waals surface area contributed by atoms with Gasteiger partial charge in [-0.3, -0.25) is 14.2 Å². The normalized spacial score (nSPS) is 14.3. The molecule has 0 radical (unpaired) electrons. The molecule has 0 aliphatic heterocycles. The summed E-state index contributed by atoms with van der Waals surface area (Å²) in [6.45, 7) is 6.71. The first-order valence-electron chi connectivity index (χ1n) is 30.9. The molecule has 3 unspecified atom stereocenters. The lowest BCUT2D eigenvalue weighted by Gasteiger charge is -2.30. The Morgan fingerprint density at radius 2 is 0.853 bits per heavy atom. The number of rotatable bonds is 55. The number of unbranched alkanes of at least 4 members (excludes halogenated alkanes) is 27. The zero-order valence-corrected chi connectivity index (χ0v) is 50.4. The van der Waals surface area contributed by atoms with Crippen LogP contribution in [0.3, 0.4) is 0 Å². The van der Waals surface area contributed by atoms with E-state index in [2.05, 4.69) is 99.0 Å². The van der Waals surface area contributed by atoms with Gasteiger partial charge >= 0.3 is 5.97 Å². The minimum absolute atomic E-state index is 0.0288. The van der Waals surface area contributed by atoms with Crippen molar-refractivity contribution in [2.45, 2.75) is 277 Å². The summed E-state index contributed by atoms with van der Waals surface area (Å²) in [5, 5.41) is 3.02. The lowest BCUT2D eigenvalue weighted by molar-refractivity contribution is -0.870. The number of ether oxygens (including phenoxy) is 1. The highest BCUT2D eigenvalue weighted by Crippen LogP contribution is 2.38. The fourth-order valence-electron chi connectivity index (χ4n) is 8.58. The van der Waals surface area contributed by atoms with E-state index in [9.17, 15) is 19.0 Å². The van der Waals surface area contributed by atoms with E-state index >= 15 is 0 Å². The van der Waals surface area contributed by atoms with Crippen LogP contribution in [0.4, 0.5) is 0 Å². The van der Waals surface area contributed by atoms with Gasteiger partial charge in [0.25, 0.3) is 7.82 Å². The Kier molecular flexibility index (Phi) is 52.5. The van der Waals surface area contributed by atoms with Gasteiger partial charge in [0.05, 0.1) is 33.8 Å². The summed E-state index contributed by atoms with van der Waals surface area (Å²) in [5.41, 5.74) is 0. The third kappa shape index (κ3) is 55.7. The highest BCUT2D eigenvalue weighted by atomic mass is 31.2. The topological polar surface area (TPSA) is 114 Å². The van der Waals surface area contributed by atoms with E-state index in [4.69, 9.17) is 13.8 Å². The number of phosphoric acid groups is 1. The van der Waals surface area contributed by atoms with Crippen molar-refractivity contribution in [3.05, 3.63) is 85.1 Å². The second kappa shape index (κ2) is 54.5. The quantitative estimate of drug-likeness (QED) is 0.0212. The Balaban J connectivity index is 5.28. The fourth-order valence-corrected chi connectivity index (χ4v) is 9.31. The van der Waals surface area contributed by atoms with Crippen LogP contribution in [0.1, 0.15) is 265 Å². The van der Waals surface area contributed by atoms with Gasteiger partial charge in [0, 0.05) is 12.8 Å². The number of carbonyl (C=O) groups excluding carboxylic acids is 2. The second-order valence-corrected chi connectivity index (χ2v) is 23.2. The van der Waals surface area contributed by atoms with Crippen LogP contribution in [0.25, 0.3) is 0 Å². The molecular formula is C65H117N2O7P. The molecule has 0 aliphatic rings. The summed E-state index contributed by atoms with van der Waals surface area (Å²) in [7, 11) is 1.17. The monoisotopic (exact) mass is 1070 g/mol. The molecule has 75 heavy (non-hydrogen) atoms. The maximum atomic E-state index is 13.5. The van der Waals surface area contributed by atoms with Crippen LogP contribution in [0, 0.1) is 0 Å². The van der Waals surface area contributed by atoms with E-state index in [-0.39, 0.29) is 24.9 Å². The molecule has 434 valence electrons. The van der Waals surface area contributed by atoms with E-state index in [0.29, 0.717) is 23.9 Å².